The monoisotopic (exact) mass is 433 g/mol. The molecule has 0 heterocycles. The van der Waals surface area contributed by atoms with Crippen LogP contribution in [0.15, 0.2) is 30.3 Å². The van der Waals surface area contributed by atoms with Gasteiger partial charge in [0.15, 0.2) is 0 Å². The molecular formula is C24H35NO6. The fourth-order valence-electron chi connectivity index (χ4n) is 3.42. The summed E-state index contributed by atoms with van der Waals surface area (Å²) in [7, 11) is 0. The average molecular weight is 434 g/mol. The standard InChI is InChI=1S/C24H35NO6/c1-17(14-21(26)29-15-18-8-6-5-7-9-18)22(27)30-16-19-10-12-20(13-11-19)25-23(28)31-24(2,3)4/h5-9,17,19-20H,10-16H2,1-4H3,(H,25,28)/t17-,19?,20?/m1/s1. The fourth-order valence-corrected chi connectivity index (χ4v) is 3.42. The van der Waals surface area contributed by atoms with E-state index in [2.05, 4.69) is 5.32 Å². The summed E-state index contributed by atoms with van der Waals surface area (Å²) in [4.78, 5) is 36.1. The van der Waals surface area contributed by atoms with Gasteiger partial charge in [-0.05, 0) is 57.9 Å². The van der Waals surface area contributed by atoms with Gasteiger partial charge in [-0.25, -0.2) is 4.79 Å². The number of benzene rings is 1. The van der Waals surface area contributed by atoms with Crippen molar-refractivity contribution in [2.75, 3.05) is 6.61 Å². The van der Waals surface area contributed by atoms with E-state index < -0.39 is 23.6 Å². The molecule has 1 N–H and O–H groups in total. The van der Waals surface area contributed by atoms with Crippen molar-refractivity contribution in [3.05, 3.63) is 35.9 Å². The van der Waals surface area contributed by atoms with Gasteiger partial charge in [-0.3, -0.25) is 9.59 Å². The van der Waals surface area contributed by atoms with Crippen molar-refractivity contribution in [2.45, 2.75) is 78.0 Å². The topological polar surface area (TPSA) is 90.9 Å². The van der Waals surface area contributed by atoms with Gasteiger partial charge < -0.3 is 19.5 Å². The lowest BCUT2D eigenvalue weighted by molar-refractivity contribution is -0.156. The van der Waals surface area contributed by atoms with Gasteiger partial charge in [0.25, 0.3) is 0 Å². The van der Waals surface area contributed by atoms with Crippen LogP contribution in [0.25, 0.3) is 0 Å². The zero-order valence-electron chi connectivity index (χ0n) is 19.0. The number of nitrogens with one attached hydrogen (secondary N) is 1. The van der Waals surface area contributed by atoms with E-state index in [4.69, 9.17) is 14.2 Å². The van der Waals surface area contributed by atoms with E-state index in [0.717, 1.165) is 31.2 Å². The molecule has 1 fully saturated rings. The molecule has 172 valence electrons. The van der Waals surface area contributed by atoms with Gasteiger partial charge >= 0.3 is 18.0 Å². The highest BCUT2D eigenvalue weighted by Gasteiger charge is 2.26. The molecule has 7 nitrogen and oxygen atoms in total. The van der Waals surface area contributed by atoms with Crippen LogP contribution in [-0.2, 0) is 30.4 Å². The largest absolute Gasteiger partial charge is 0.465 e. The lowest BCUT2D eigenvalue weighted by atomic mass is 9.86. The summed E-state index contributed by atoms with van der Waals surface area (Å²) in [5.74, 6) is -1.08. The number of amides is 1. The molecule has 1 atom stereocenters. The van der Waals surface area contributed by atoms with Gasteiger partial charge in [-0.2, -0.15) is 0 Å². The van der Waals surface area contributed by atoms with Crippen LogP contribution in [0, 0.1) is 11.8 Å². The zero-order chi connectivity index (χ0) is 22.9. The number of esters is 2. The first-order valence-corrected chi connectivity index (χ1v) is 11.0. The van der Waals surface area contributed by atoms with E-state index >= 15 is 0 Å². The van der Waals surface area contributed by atoms with Crippen molar-refractivity contribution in [1.29, 1.82) is 0 Å². The molecule has 0 aliphatic heterocycles. The van der Waals surface area contributed by atoms with Crippen LogP contribution in [0.3, 0.4) is 0 Å². The van der Waals surface area contributed by atoms with E-state index in [0.29, 0.717) is 6.61 Å². The first-order chi connectivity index (χ1) is 14.6. The third-order valence-corrected chi connectivity index (χ3v) is 5.15. The van der Waals surface area contributed by atoms with Crippen LogP contribution < -0.4 is 5.32 Å². The van der Waals surface area contributed by atoms with Crippen LogP contribution in [-0.4, -0.2) is 36.3 Å². The van der Waals surface area contributed by atoms with E-state index in [-0.39, 0.29) is 31.0 Å². The van der Waals surface area contributed by atoms with Crippen LogP contribution in [0.5, 0.6) is 0 Å². The average Bonchev–Trinajstić information content (AvgIpc) is 2.70. The van der Waals surface area contributed by atoms with Crippen molar-refractivity contribution in [3.63, 3.8) is 0 Å². The second-order valence-corrected chi connectivity index (χ2v) is 9.25. The van der Waals surface area contributed by atoms with E-state index in [1.54, 1.807) is 6.92 Å². The van der Waals surface area contributed by atoms with Gasteiger partial charge in [0.1, 0.15) is 12.2 Å². The Morgan fingerprint density at radius 1 is 1.03 bits per heavy atom. The molecule has 1 aliphatic rings. The Balaban J connectivity index is 1.61. The van der Waals surface area contributed by atoms with Crippen molar-refractivity contribution in [3.8, 4) is 0 Å². The molecule has 1 amide bonds. The van der Waals surface area contributed by atoms with Crippen molar-refractivity contribution in [2.24, 2.45) is 11.8 Å². The van der Waals surface area contributed by atoms with Gasteiger partial charge in [0.2, 0.25) is 0 Å². The molecule has 2 rings (SSSR count). The molecule has 0 spiro atoms. The molecule has 0 aromatic heterocycles. The van der Waals surface area contributed by atoms with Crippen LogP contribution in [0.1, 0.15) is 65.4 Å². The van der Waals surface area contributed by atoms with E-state index in [9.17, 15) is 14.4 Å². The Labute approximate surface area is 184 Å². The first-order valence-electron chi connectivity index (χ1n) is 11.0. The maximum Gasteiger partial charge on any atom is 0.407 e. The predicted molar refractivity (Wildman–Crippen MR) is 116 cm³/mol. The zero-order valence-corrected chi connectivity index (χ0v) is 19.0. The molecule has 1 aromatic carbocycles. The molecule has 1 aliphatic carbocycles. The van der Waals surface area contributed by atoms with Crippen LogP contribution in [0.2, 0.25) is 0 Å². The predicted octanol–water partition coefficient (Wildman–Crippen LogP) is 4.38. The minimum atomic E-state index is -0.548. The quantitative estimate of drug-likeness (QED) is 0.483. The third kappa shape index (κ3) is 9.85. The van der Waals surface area contributed by atoms with Crippen molar-refractivity contribution < 1.29 is 28.6 Å². The molecule has 0 unspecified atom stereocenters. The molecule has 0 radical (unpaired) electrons. The minimum Gasteiger partial charge on any atom is -0.465 e. The summed E-state index contributed by atoms with van der Waals surface area (Å²) in [6.45, 7) is 7.71. The molecule has 0 bridgehead atoms. The molecule has 0 saturated heterocycles. The van der Waals surface area contributed by atoms with E-state index in [1.807, 2.05) is 51.1 Å². The summed E-state index contributed by atoms with van der Waals surface area (Å²) < 4.78 is 15.9. The Morgan fingerprint density at radius 3 is 2.29 bits per heavy atom. The maximum absolute atomic E-state index is 12.2. The maximum atomic E-state index is 12.2. The normalized spacial score (nSPS) is 19.7. The summed E-state index contributed by atoms with van der Waals surface area (Å²) >= 11 is 0. The number of ether oxygens (including phenoxy) is 3. The first kappa shape index (κ1) is 24.7. The highest BCUT2D eigenvalue weighted by molar-refractivity contribution is 5.79. The second kappa shape index (κ2) is 11.7. The van der Waals surface area contributed by atoms with Crippen LogP contribution >= 0.6 is 0 Å². The Bertz CT molecular complexity index is 719. The summed E-state index contributed by atoms with van der Waals surface area (Å²) in [6.07, 6.45) is 2.97. The number of carbonyl (C=O) groups excluding carboxylic acids is 3. The lowest BCUT2D eigenvalue weighted by Gasteiger charge is -2.30. The summed E-state index contributed by atoms with van der Waals surface area (Å²) in [6, 6.07) is 9.49. The molecule has 31 heavy (non-hydrogen) atoms. The number of carbonyl (C=O) groups is 3. The number of hydrogen-bond donors (Lipinski definition) is 1. The highest BCUT2D eigenvalue weighted by atomic mass is 16.6. The molecule has 7 heteroatoms. The van der Waals surface area contributed by atoms with Crippen molar-refractivity contribution >= 4 is 18.0 Å². The SMILES string of the molecule is C[C@H](CC(=O)OCc1ccccc1)C(=O)OCC1CCC(NC(=O)OC(C)(C)C)CC1. The molecule has 1 aromatic rings. The number of alkyl carbamates (subject to hydrolysis) is 1. The Kier molecular flexibility index (Phi) is 9.34. The number of hydrogen-bond acceptors (Lipinski definition) is 6. The van der Waals surface area contributed by atoms with Crippen molar-refractivity contribution in [1.82, 2.24) is 5.32 Å². The van der Waals surface area contributed by atoms with Crippen LogP contribution in [0.4, 0.5) is 4.79 Å². The number of rotatable bonds is 8. The third-order valence-electron chi connectivity index (χ3n) is 5.15. The molecular weight excluding hydrogens is 398 g/mol. The summed E-state index contributed by atoms with van der Waals surface area (Å²) in [5.41, 5.74) is 0.392. The van der Waals surface area contributed by atoms with Gasteiger partial charge in [0, 0.05) is 6.04 Å². The fraction of sp³-hybridized carbons (Fsp3) is 0.625. The highest BCUT2D eigenvalue weighted by Crippen LogP contribution is 2.25. The van der Waals surface area contributed by atoms with Gasteiger partial charge in [0.05, 0.1) is 18.9 Å². The smallest absolute Gasteiger partial charge is 0.407 e. The second-order valence-electron chi connectivity index (χ2n) is 9.25. The Hall–Kier alpha value is -2.57. The summed E-state index contributed by atoms with van der Waals surface area (Å²) in [5, 5.41) is 2.90. The van der Waals surface area contributed by atoms with E-state index in [1.165, 1.54) is 0 Å². The Morgan fingerprint density at radius 2 is 1.68 bits per heavy atom. The van der Waals surface area contributed by atoms with Gasteiger partial charge in [-0.15, -0.1) is 0 Å². The van der Waals surface area contributed by atoms with Gasteiger partial charge in [-0.1, -0.05) is 37.3 Å². The minimum absolute atomic E-state index is 0.00177. The molecule has 1 saturated carbocycles. The lowest BCUT2D eigenvalue weighted by Crippen LogP contribution is -2.41.